The number of rotatable bonds is 46. The first-order valence-corrected chi connectivity index (χ1v) is 25.1. The lowest BCUT2D eigenvalue weighted by Crippen LogP contribution is -2.45. The van der Waals surface area contributed by atoms with Gasteiger partial charge in [-0.05, 0) is 57.8 Å². The van der Waals surface area contributed by atoms with Crippen LogP contribution in [-0.4, -0.2) is 47.4 Å². The number of hydrogen-bond donors (Lipinski definition) is 3. The summed E-state index contributed by atoms with van der Waals surface area (Å²) in [7, 11) is 0. The van der Waals surface area contributed by atoms with Crippen molar-refractivity contribution >= 4 is 11.9 Å². The number of ether oxygens (including phenoxy) is 1. The summed E-state index contributed by atoms with van der Waals surface area (Å²) < 4.78 is 5.46. The minimum Gasteiger partial charge on any atom is -0.466 e. The summed E-state index contributed by atoms with van der Waals surface area (Å²) in [6.45, 7) is 4.88. The van der Waals surface area contributed by atoms with Crippen LogP contribution in [0.25, 0.3) is 0 Å². The van der Waals surface area contributed by atoms with Crippen LogP contribution in [0.5, 0.6) is 0 Å². The average molecular weight is 804 g/mol. The van der Waals surface area contributed by atoms with Gasteiger partial charge in [0.25, 0.3) is 0 Å². The number of aliphatic hydroxyl groups excluding tert-OH is 2. The summed E-state index contributed by atoms with van der Waals surface area (Å²) in [6, 6.07) is -0.551. The Morgan fingerprint density at radius 2 is 0.877 bits per heavy atom. The molecule has 0 radical (unpaired) electrons. The highest BCUT2D eigenvalue weighted by Gasteiger charge is 2.20. The number of hydrogen-bond acceptors (Lipinski definition) is 5. The van der Waals surface area contributed by atoms with Crippen molar-refractivity contribution in [2.24, 2.45) is 0 Å². The summed E-state index contributed by atoms with van der Waals surface area (Å²) in [6.07, 6.45) is 54.3. The second-order valence-electron chi connectivity index (χ2n) is 17.1. The van der Waals surface area contributed by atoms with Gasteiger partial charge in [0.05, 0.1) is 25.4 Å². The zero-order chi connectivity index (χ0) is 41.5. The van der Waals surface area contributed by atoms with Crippen molar-refractivity contribution in [3.63, 3.8) is 0 Å². The monoisotopic (exact) mass is 804 g/mol. The Morgan fingerprint density at radius 1 is 0.491 bits per heavy atom. The Bertz CT molecular complexity index is 889. The van der Waals surface area contributed by atoms with Crippen molar-refractivity contribution in [1.82, 2.24) is 5.32 Å². The maximum atomic E-state index is 12.4. The quantitative estimate of drug-likeness (QED) is 0.0324. The molecule has 0 saturated heterocycles. The molecule has 1 amide bonds. The highest BCUT2D eigenvalue weighted by Crippen LogP contribution is 2.16. The zero-order valence-electron chi connectivity index (χ0n) is 38.1. The molecule has 3 N–H and O–H groups in total. The molecule has 0 heterocycles. The van der Waals surface area contributed by atoms with E-state index in [-0.39, 0.29) is 18.5 Å². The fraction of sp³-hybridized carbons (Fsp3) is 0.882. The number of carbonyl (C=O) groups excluding carboxylic acids is 2. The molecule has 0 aliphatic heterocycles. The first-order valence-electron chi connectivity index (χ1n) is 25.1. The summed E-state index contributed by atoms with van der Waals surface area (Å²) >= 11 is 0. The molecule has 0 spiro atoms. The Morgan fingerprint density at radius 3 is 1.35 bits per heavy atom. The molecular formula is C51H97NO5. The number of carbonyl (C=O) groups is 2. The number of nitrogens with one attached hydrogen (secondary N) is 1. The largest absolute Gasteiger partial charge is 0.466 e. The van der Waals surface area contributed by atoms with Crippen LogP contribution < -0.4 is 5.32 Å². The first kappa shape index (κ1) is 55.3. The van der Waals surface area contributed by atoms with E-state index in [1.54, 1.807) is 0 Å². The van der Waals surface area contributed by atoms with Crippen molar-refractivity contribution in [3.05, 3.63) is 24.3 Å². The summed E-state index contributed by atoms with van der Waals surface area (Å²) in [5.41, 5.74) is 0. The molecule has 0 aromatic carbocycles. The van der Waals surface area contributed by atoms with E-state index in [9.17, 15) is 19.8 Å². The number of unbranched alkanes of at least 4 members (excludes halogenated alkanes) is 31. The van der Waals surface area contributed by atoms with E-state index >= 15 is 0 Å². The third-order valence-electron chi connectivity index (χ3n) is 11.5. The minimum absolute atomic E-state index is 0.0170. The normalized spacial score (nSPS) is 12.8. The second kappa shape index (κ2) is 47.0. The summed E-state index contributed by atoms with van der Waals surface area (Å²) in [5.74, 6) is -0.0702. The number of aliphatic hydroxyl groups is 2. The lowest BCUT2D eigenvalue weighted by atomic mass is 10.0. The van der Waals surface area contributed by atoms with E-state index in [2.05, 4.69) is 43.5 Å². The van der Waals surface area contributed by atoms with E-state index in [1.807, 2.05) is 0 Å². The molecule has 0 aliphatic carbocycles. The number of allylic oxidation sites excluding steroid dienone is 4. The maximum absolute atomic E-state index is 12.4. The van der Waals surface area contributed by atoms with Crippen molar-refractivity contribution in [1.29, 1.82) is 0 Å². The van der Waals surface area contributed by atoms with E-state index in [1.165, 1.54) is 167 Å². The fourth-order valence-corrected chi connectivity index (χ4v) is 7.61. The van der Waals surface area contributed by atoms with Gasteiger partial charge in [-0.15, -0.1) is 0 Å². The predicted octanol–water partition coefficient (Wildman–Crippen LogP) is 14.7. The smallest absolute Gasteiger partial charge is 0.305 e. The Kier molecular flexibility index (Phi) is 45.7. The fourth-order valence-electron chi connectivity index (χ4n) is 7.61. The summed E-state index contributed by atoms with van der Waals surface area (Å²) in [5, 5.41) is 23.1. The molecule has 6 heteroatoms. The second-order valence-corrected chi connectivity index (χ2v) is 17.1. The van der Waals surface area contributed by atoms with Gasteiger partial charge in [-0.2, -0.15) is 0 Å². The molecule has 0 rings (SSSR count). The van der Waals surface area contributed by atoms with Crippen molar-refractivity contribution in [2.45, 2.75) is 276 Å². The summed E-state index contributed by atoms with van der Waals surface area (Å²) in [4.78, 5) is 24.4. The first-order chi connectivity index (χ1) is 28.0. The SMILES string of the molecule is CCCCCC/C=C\C/C=C\CCCCCCCCCC(=O)OCCCCCCCCCCCCCCC(=O)NC(CO)C(O)CCCCCCCCCCCC. The number of esters is 1. The van der Waals surface area contributed by atoms with Gasteiger partial charge in [-0.25, -0.2) is 0 Å². The highest BCUT2D eigenvalue weighted by atomic mass is 16.5. The Labute approximate surface area is 354 Å². The molecule has 6 nitrogen and oxygen atoms in total. The topological polar surface area (TPSA) is 95.9 Å². The molecule has 0 aromatic heterocycles. The van der Waals surface area contributed by atoms with E-state index in [4.69, 9.17) is 4.74 Å². The third-order valence-corrected chi connectivity index (χ3v) is 11.5. The molecule has 2 atom stereocenters. The molecular weight excluding hydrogens is 707 g/mol. The van der Waals surface area contributed by atoms with Crippen LogP contribution in [0.3, 0.4) is 0 Å². The van der Waals surface area contributed by atoms with Gasteiger partial charge < -0.3 is 20.3 Å². The van der Waals surface area contributed by atoms with Gasteiger partial charge >= 0.3 is 5.97 Å². The highest BCUT2D eigenvalue weighted by molar-refractivity contribution is 5.76. The van der Waals surface area contributed by atoms with Crippen LogP contribution in [0.1, 0.15) is 264 Å². The maximum Gasteiger partial charge on any atom is 0.305 e. The molecule has 0 saturated carbocycles. The van der Waals surface area contributed by atoms with E-state index in [0.717, 1.165) is 64.2 Å². The van der Waals surface area contributed by atoms with Crippen molar-refractivity contribution < 1.29 is 24.5 Å². The lowest BCUT2D eigenvalue weighted by molar-refractivity contribution is -0.143. The average Bonchev–Trinajstić information content (AvgIpc) is 3.21. The van der Waals surface area contributed by atoms with Gasteiger partial charge in [0.1, 0.15) is 0 Å². The van der Waals surface area contributed by atoms with Crippen molar-refractivity contribution in [3.8, 4) is 0 Å². The predicted molar refractivity (Wildman–Crippen MR) is 246 cm³/mol. The van der Waals surface area contributed by atoms with Crippen molar-refractivity contribution in [2.75, 3.05) is 13.2 Å². The Hall–Kier alpha value is -1.66. The molecule has 0 aromatic rings. The number of amides is 1. The van der Waals surface area contributed by atoms with Crippen LogP contribution in [0, 0.1) is 0 Å². The minimum atomic E-state index is -0.673. The molecule has 57 heavy (non-hydrogen) atoms. The van der Waals surface area contributed by atoms with E-state index in [0.29, 0.717) is 25.9 Å². The molecule has 336 valence electrons. The van der Waals surface area contributed by atoms with Crippen LogP contribution >= 0.6 is 0 Å². The standard InChI is InChI=1S/C51H97NO5/c1-3-5-7-9-11-13-15-16-17-18-19-20-21-25-29-33-37-41-45-51(56)57-46-42-38-34-30-26-23-22-24-28-32-36-40-44-50(55)52-48(47-53)49(54)43-39-35-31-27-14-12-10-8-6-4-2/h13,15,17-18,48-49,53-54H,3-12,14,16,19-47H2,1-2H3,(H,52,55)/b15-13-,18-17-. The third kappa shape index (κ3) is 43.7. The Balaban J connectivity index is 3.44. The van der Waals surface area contributed by atoms with Gasteiger partial charge in [0, 0.05) is 12.8 Å². The van der Waals surface area contributed by atoms with Crippen LogP contribution in [0.15, 0.2) is 24.3 Å². The molecule has 0 bridgehead atoms. The molecule has 2 unspecified atom stereocenters. The van der Waals surface area contributed by atoms with Crippen LogP contribution in [0.4, 0.5) is 0 Å². The van der Waals surface area contributed by atoms with Gasteiger partial charge in [0.2, 0.25) is 5.91 Å². The van der Waals surface area contributed by atoms with Gasteiger partial charge in [-0.1, -0.05) is 218 Å². The van der Waals surface area contributed by atoms with Gasteiger partial charge in [-0.3, -0.25) is 9.59 Å². The van der Waals surface area contributed by atoms with Crippen LogP contribution in [-0.2, 0) is 14.3 Å². The zero-order valence-corrected chi connectivity index (χ0v) is 38.1. The van der Waals surface area contributed by atoms with Crippen LogP contribution in [0.2, 0.25) is 0 Å². The van der Waals surface area contributed by atoms with Gasteiger partial charge in [0.15, 0.2) is 0 Å². The molecule has 0 aliphatic rings. The molecule has 0 fully saturated rings. The lowest BCUT2D eigenvalue weighted by Gasteiger charge is -2.22. The van der Waals surface area contributed by atoms with E-state index < -0.39 is 12.1 Å².